The Hall–Kier alpha value is -1.55. The second-order valence-corrected chi connectivity index (χ2v) is 5.76. The predicted molar refractivity (Wildman–Crippen MR) is 70.4 cm³/mol. The number of nitriles is 1. The molecule has 0 bridgehead atoms. The van der Waals surface area contributed by atoms with Crippen molar-refractivity contribution in [3.05, 3.63) is 21.9 Å². The summed E-state index contributed by atoms with van der Waals surface area (Å²) in [4.78, 5) is 13.2. The first-order valence-electron chi connectivity index (χ1n) is 6.02. The van der Waals surface area contributed by atoms with Gasteiger partial charge >= 0.3 is 6.18 Å². The summed E-state index contributed by atoms with van der Waals surface area (Å²) in [5.41, 5.74) is 0.280. The highest BCUT2D eigenvalue weighted by molar-refractivity contribution is 7.12. The van der Waals surface area contributed by atoms with Gasteiger partial charge in [0, 0.05) is 11.4 Å². The van der Waals surface area contributed by atoms with Gasteiger partial charge < -0.3 is 4.90 Å². The van der Waals surface area contributed by atoms with Crippen molar-refractivity contribution < 1.29 is 18.0 Å². The van der Waals surface area contributed by atoms with Gasteiger partial charge in [0.15, 0.2) is 0 Å². The first-order valence-corrected chi connectivity index (χ1v) is 6.90. The SMILES string of the molecule is CC(C)C(C)N(CC(F)(F)F)C(=O)c1cc(C#N)cs1. The number of halogens is 3. The molecular formula is C13H15F3N2OS. The molecule has 0 saturated carbocycles. The van der Waals surface area contributed by atoms with Gasteiger partial charge in [0.2, 0.25) is 0 Å². The molecule has 1 aromatic rings. The molecule has 7 heteroatoms. The minimum atomic E-state index is -4.45. The van der Waals surface area contributed by atoms with Gasteiger partial charge in [0.05, 0.1) is 10.4 Å². The molecule has 0 spiro atoms. The summed E-state index contributed by atoms with van der Waals surface area (Å²) in [6.07, 6.45) is -4.45. The normalized spacial score (nSPS) is 13.1. The van der Waals surface area contributed by atoms with Gasteiger partial charge in [-0.05, 0) is 18.9 Å². The van der Waals surface area contributed by atoms with E-state index >= 15 is 0 Å². The second kappa shape index (κ2) is 6.27. The summed E-state index contributed by atoms with van der Waals surface area (Å²) >= 11 is 0.985. The second-order valence-electron chi connectivity index (χ2n) is 4.84. The molecule has 1 unspecified atom stereocenters. The van der Waals surface area contributed by atoms with Gasteiger partial charge in [-0.25, -0.2) is 0 Å². The van der Waals surface area contributed by atoms with E-state index in [9.17, 15) is 18.0 Å². The number of rotatable bonds is 4. The largest absolute Gasteiger partial charge is 0.406 e. The summed E-state index contributed by atoms with van der Waals surface area (Å²) < 4.78 is 37.9. The third-order valence-electron chi connectivity index (χ3n) is 3.01. The van der Waals surface area contributed by atoms with Crippen LogP contribution < -0.4 is 0 Å². The molecule has 0 aliphatic rings. The van der Waals surface area contributed by atoms with Crippen LogP contribution in [-0.4, -0.2) is 29.6 Å². The van der Waals surface area contributed by atoms with E-state index in [1.807, 2.05) is 6.07 Å². The molecule has 110 valence electrons. The quantitative estimate of drug-likeness (QED) is 0.852. The summed E-state index contributed by atoms with van der Waals surface area (Å²) in [7, 11) is 0. The van der Waals surface area contributed by atoms with Crippen LogP contribution in [0.2, 0.25) is 0 Å². The molecule has 1 atom stereocenters. The van der Waals surface area contributed by atoms with Crippen LogP contribution >= 0.6 is 11.3 Å². The Balaban J connectivity index is 3.03. The Morgan fingerprint density at radius 3 is 2.45 bits per heavy atom. The van der Waals surface area contributed by atoms with Crippen LogP contribution in [0.4, 0.5) is 13.2 Å². The minimum absolute atomic E-state index is 0.100. The van der Waals surface area contributed by atoms with E-state index in [2.05, 4.69) is 0 Å². The zero-order chi connectivity index (χ0) is 15.5. The molecule has 0 aliphatic carbocycles. The highest BCUT2D eigenvalue weighted by atomic mass is 32.1. The Kier molecular flexibility index (Phi) is 5.17. The van der Waals surface area contributed by atoms with Gasteiger partial charge in [-0.15, -0.1) is 11.3 Å². The van der Waals surface area contributed by atoms with Crippen LogP contribution in [0, 0.1) is 17.2 Å². The minimum Gasteiger partial charge on any atom is -0.326 e. The maximum absolute atomic E-state index is 12.6. The lowest BCUT2D eigenvalue weighted by molar-refractivity contribution is -0.145. The zero-order valence-electron chi connectivity index (χ0n) is 11.4. The van der Waals surface area contributed by atoms with Crippen molar-refractivity contribution in [3.8, 4) is 6.07 Å². The topological polar surface area (TPSA) is 44.1 Å². The number of hydrogen-bond acceptors (Lipinski definition) is 3. The first kappa shape index (κ1) is 16.5. The lowest BCUT2D eigenvalue weighted by Crippen LogP contribution is -2.46. The highest BCUT2D eigenvalue weighted by Gasteiger charge is 2.36. The molecule has 1 heterocycles. The van der Waals surface area contributed by atoms with Crippen LogP contribution in [0.1, 0.15) is 36.0 Å². The maximum Gasteiger partial charge on any atom is 0.406 e. The predicted octanol–water partition coefficient (Wildman–Crippen LogP) is 3.67. The summed E-state index contributed by atoms with van der Waals surface area (Å²) in [5, 5.41) is 10.2. The van der Waals surface area contributed by atoms with Crippen molar-refractivity contribution in [2.24, 2.45) is 5.92 Å². The smallest absolute Gasteiger partial charge is 0.326 e. The molecule has 3 nitrogen and oxygen atoms in total. The molecule has 0 aliphatic heterocycles. The number of nitrogens with zero attached hydrogens (tertiary/aromatic N) is 2. The van der Waals surface area contributed by atoms with Crippen LogP contribution in [0.15, 0.2) is 11.4 Å². The van der Waals surface area contributed by atoms with Crippen molar-refractivity contribution in [2.75, 3.05) is 6.54 Å². The highest BCUT2D eigenvalue weighted by Crippen LogP contribution is 2.24. The number of carbonyl (C=O) groups is 1. The Bertz CT molecular complexity index is 516. The fourth-order valence-corrected chi connectivity index (χ4v) is 2.39. The van der Waals surface area contributed by atoms with Crippen LogP contribution in [0.3, 0.4) is 0 Å². The summed E-state index contributed by atoms with van der Waals surface area (Å²) in [5.74, 6) is -0.785. The fraction of sp³-hybridized carbons (Fsp3) is 0.538. The lowest BCUT2D eigenvalue weighted by atomic mass is 10.0. The van der Waals surface area contributed by atoms with E-state index in [-0.39, 0.29) is 16.4 Å². The van der Waals surface area contributed by atoms with E-state index in [0.29, 0.717) is 0 Å². The van der Waals surface area contributed by atoms with Crippen molar-refractivity contribution in [2.45, 2.75) is 33.0 Å². The van der Waals surface area contributed by atoms with Gasteiger partial charge in [0.1, 0.15) is 12.6 Å². The molecular weight excluding hydrogens is 289 g/mol. The molecule has 0 N–H and O–H groups in total. The first-order chi connectivity index (χ1) is 9.15. The molecule has 0 fully saturated rings. The van der Waals surface area contributed by atoms with E-state index in [1.165, 1.54) is 11.4 Å². The average molecular weight is 304 g/mol. The number of hydrogen-bond donors (Lipinski definition) is 0. The number of alkyl halides is 3. The third kappa shape index (κ3) is 4.23. The molecule has 20 heavy (non-hydrogen) atoms. The Morgan fingerprint density at radius 2 is 2.05 bits per heavy atom. The molecule has 1 amide bonds. The molecule has 0 radical (unpaired) electrons. The molecule has 0 saturated heterocycles. The van der Waals surface area contributed by atoms with Gasteiger partial charge in [0.25, 0.3) is 5.91 Å². The zero-order valence-corrected chi connectivity index (χ0v) is 12.2. The summed E-state index contributed by atoms with van der Waals surface area (Å²) in [6.45, 7) is 3.82. The summed E-state index contributed by atoms with van der Waals surface area (Å²) in [6, 6.07) is 2.64. The monoisotopic (exact) mass is 304 g/mol. The number of amides is 1. The van der Waals surface area contributed by atoms with Crippen molar-refractivity contribution >= 4 is 17.2 Å². The number of thiophene rings is 1. The fourth-order valence-electron chi connectivity index (χ4n) is 1.60. The molecule has 1 rings (SSSR count). The van der Waals surface area contributed by atoms with Gasteiger partial charge in [-0.1, -0.05) is 13.8 Å². The number of carbonyl (C=O) groups excluding carboxylic acids is 1. The van der Waals surface area contributed by atoms with E-state index in [4.69, 9.17) is 5.26 Å². The van der Waals surface area contributed by atoms with Crippen molar-refractivity contribution in [3.63, 3.8) is 0 Å². The standard InChI is InChI=1S/C13H15F3N2OS/c1-8(2)9(3)18(7-13(14,15)16)12(19)11-4-10(5-17)6-20-11/h4,6,8-9H,7H2,1-3H3. The van der Waals surface area contributed by atoms with Gasteiger partial charge in [-0.3, -0.25) is 4.79 Å². The van der Waals surface area contributed by atoms with Crippen molar-refractivity contribution in [1.29, 1.82) is 5.26 Å². The van der Waals surface area contributed by atoms with Crippen molar-refractivity contribution in [1.82, 2.24) is 4.90 Å². The van der Waals surface area contributed by atoms with E-state index < -0.39 is 24.7 Å². The van der Waals surface area contributed by atoms with E-state index in [1.54, 1.807) is 20.8 Å². The van der Waals surface area contributed by atoms with Crippen LogP contribution in [0.25, 0.3) is 0 Å². The molecule has 1 aromatic heterocycles. The Labute approximate surface area is 119 Å². The van der Waals surface area contributed by atoms with E-state index in [0.717, 1.165) is 16.2 Å². The maximum atomic E-state index is 12.6. The third-order valence-corrected chi connectivity index (χ3v) is 3.92. The lowest BCUT2D eigenvalue weighted by Gasteiger charge is -2.32. The van der Waals surface area contributed by atoms with Gasteiger partial charge in [-0.2, -0.15) is 18.4 Å². The van der Waals surface area contributed by atoms with Crippen LogP contribution in [-0.2, 0) is 0 Å². The average Bonchev–Trinajstić information content (AvgIpc) is 2.81. The Morgan fingerprint density at radius 1 is 1.45 bits per heavy atom. The van der Waals surface area contributed by atoms with Crippen LogP contribution in [0.5, 0.6) is 0 Å². The molecule has 0 aromatic carbocycles.